The number of halogens is 1. The molecule has 0 spiro atoms. The number of aryl methyl sites for hydroxylation is 1. The minimum atomic E-state index is 0.689. The monoisotopic (exact) mass is 416 g/mol. The fourth-order valence-corrected chi connectivity index (χ4v) is 2.89. The van der Waals surface area contributed by atoms with Crippen LogP contribution >= 0.6 is 22.6 Å². The highest BCUT2D eigenvalue weighted by Crippen LogP contribution is 2.18. The lowest BCUT2D eigenvalue weighted by molar-refractivity contribution is 0.311. The van der Waals surface area contributed by atoms with Crippen LogP contribution in [-0.4, -0.2) is 6.61 Å². The Balaban J connectivity index is 2.16. The zero-order valence-corrected chi connectivity index (χ0v) is 15.6. The Kier molecular flexibility index (Phi) is 7.22. The van der Waals surface area contributed by atoms with Gasteiger partial charge in [0.05, 0.1) is 12.2 Å². The zero-order valence-electron chi connectivity index (χ0n) is 13.4. The largest absolute Gasteiger partial charge is 0.492 e. The average Bonchev–Trinajstić information content (AvgIpc) is 2.59. The van der Waals surface area contributed by atoms with Crippen molar-refractivity contribution >= 4 is 22.6 Å². The maximum absolute atomic E-state index is 5.84. The summed E-state index contributed by atoms with van der Waals surface area (Å²) >= 11 is 2.37. The first kappa shape index (κ1) is 17.6. The number of rotatable bonds is 6. The van der Waals surface area contributed by atoms with Crippen molar-refractivity contribution in [2.45, 2.75) is 26.2 Å². The molecule has 2 heteroatoms. The zero-order chi connectivity index (χ0) is 16.5. The predicted molar refractivity (Wildman–Crippen MR) is 106 cm³/mol. The van der Waals surface area contributed by atoms with Crippen molar-refractivity contribution in [3.8, 4) is 17.6 Å². The van der Waals surface area contributed by atoms with E-state index in [1.54, 1.807) is 0 Å². The van der Waals surface area contributed by atoms with Gasteiger partial charge in [-0.15, -0.1) is 6.58 Å². The van der Waals surface area contributed by atoms with E-state index in [0.29, 0.717) is 6.61 Å². The summed E-state index contributed by atoms with van der Waals surface area (Å²) in [5, 5.41) is 0. The SMILES string of the molecule is C=CCCCOc1ccccc1C#Cc1ccc(I)c(CC)c1. The third-order valence-electron chi connectivity index (χ3n) is 3.47. The average molecular weight is 416 g/mol. The lowest BCUT2D eigenvalue weighted by atomic mass is 10.1. The number of benzene rings is 2. The topological polar surface area (TPSA) is 9.23 Å². The van der Waals surface area contributed by atoms with Gasteiger partial charge < -0.3 is 4.74 Å². The fraction of sp³-hybridized carbons (Fsp3) is 0.238. The van der Waals surface area contributed by atoms with Gasteiger partial charge in [-0.1, -0.05) is 37.0 Å². The highest BCUT2D eigenvalue weighted by Gasteiger charge is 2.01. The van der Waals surface area contributed by atoms with Crippen LogP contribution in [0.4, 0.5) is 0 Å². The molecule has 0 N–H and O–H groups in total. The van der Waals surface area contributed by atoms with Gasteiger partial charge in [-0.05, 0) is 77.7 Å². The van der Waals surface area contributed by atoms with E-state index in [-0.39, 0.29) is 0 Å². The van der Waals surface area contributed by atoms with Crippen LogP contribution in [0.3, 0.4) is 0 Å². The third kappa shape index (κ3) is 5.44. The molecule has 0 saturated heterocycles. The molecule has 0 radical (unpaired) electrons. The number of ether oxygens (including phenoxy) is 1. The molecular formula is C21H21IO. The number of hydrogen-bond acceptors (Lipinski definition) is 1. The van der Waals surface area contributed by atoms with Gasteiger partial charge in [0.1, 0.15) is 5.75 Å². The molecule has 0 fully saturated rings. The van der Waals surface area contributed by atoms with Crippen LogP contribution in [0.5, 0.6) is 5.75 Å². The van der Waals surface area contributed by atoms with Crippen LogP contribution in [0.2, 0.25) is 0 Å². The Morgan fingerprint density at radius 1 is 1.17 bits per heavy atom. The van der Waals surface area contributed by atoms with E-state index in [1.807, 2.05) is 30.3 Å². The summed E-state index contributed by atoms with van der Waals surface area (Å²) in [5.41, 5.74) is 3.32. The summed E-state index contributed by atoms with van der Waals surface area (Å²) in [6, 6.07) is 14.3. The first-order valence-electron chi connectivity index (χ1n) is 7.87. The molecule has 0 unspecified atom stereocenters. The summed E-state index contributed by atoms with van der Waals surface area (Å²) in [7, 11) is 0. The molecule has 0 aliphatic rings. The van der Waals surface area contributed by atoms with Crippen LogP contribution in [0, 0.1) is 15.4 Å². The van der Waals surface area contributed by atoms with E-state index >= 15 is 0 Å². The summed E-state index contributed by atoms with van der Waals surface area (Å²) in [4.78, 5) is 0. The third-order valence-corrected chi connectivity index (χ3v) is 4.52. The number of allylic oxidation sites excluding steroid dienone is 1. The van der Waals surface area contributed by atoms with E-state index in [4.69, 9.17) is 4.74 Å². The van der Waals surface area contributed by atoms with Gasteiger partial charge >= 0.3 is 0 Å². The van der Waals surface area contributed by atoms with Crippen LogP contribution in [-0.2, 0) is 6.42 Å². The van der Waals surface area contributed by atoms with Crippen molar-refractivity contribution in [2.24, 2.45) is 0 Å². The minimum Gasteiger partial charge on any atom is -0.492 e. The first-order valence-corrected chi connectivity index (χ1v) is 8.95. The molecule has 0 saturated carbocycles. The van der Waals surface area contributed by atoms with Crippen LogP contribution in [0.15, 0.2) is 55.1 Å². The molecule has 0 bridgehead atoms. The lowest BCUT2D eigenvalue weighted by Gasteiger charge is -2.07. The normalized spacial score (nSPS) is 9.83. The summed E-state index contributed by atoms with van der Waals surface area (Å²) in [6.07, 6.45) is 4.88. The minimum absolute atomic E-state index is 0.689. The number of unbranched alkanes of at least 4 members (excludes halogenated alkanes) is 1. The van der Waals surface area contributed by atoms with Crippen molar-refractivity contribution in [3.05, 3.63) is 75.4 Å². The Bertz CT molecular complexity index is 722. The molecule has 2 aromatic carbocycles. The standard InChI is InChI=1S/C21H21IO/c1-3-5-8-15-23-21-10-7-6-9-19(21)13-11-17-12-14-20(22)18(4-2)16-17/h3,6-7,9-10,12,14,16H,1,4-5,8,15H2,2H3. The lowest BCUT2D eigenvalue weighted by Crippen LogP contribution is -1.98. The number of hydrogen-bond donors (Lipinski definition) is 0. The van der Waals surface area contributed by atoms with Gasteiger partial charge in [0.2, 0.25) is 0 Å². The Morgan fingerprint density at radius 3 is 2.78 bits per heavy atom. The van der Waals surface area contributed by atoms with Gasteiger partial charge in [0.15, 0.2) is 0 Å². The predicted octanol–water partition coefficient (Wildman–Crippen LogP) is 5.60. The Labute approximate surface area is 152 Å². The van der Waals surface area contributed by atoms with Crippen molar-refractivity contribution in [3.63, 3.8) is 0 Å². The quantitative estimate of drug-likeness (QED) is 0.258. The molecule has 0 amide bonds. The van der Waals surface area contributed by atoms with Crippen LogP contribution in [0.1, 0.15) is 36.5 Å². The molecule has 0 atom stereocenters. The van der Waals surface area contributed by atoms with Gasteiger partial charge in [0, 0.05) is 9.13 Å². The van der Waals surface area contributed by atoms with Crippen molar-refractivity contribution in [2.75, 3.05) is 6.61 Å². The highest BCUT2D eigenvalue weighted by molar-refractivity contribution is 14.1. The molecule has 23 heavy (non-hydrogen) atoms. The van der Waals surface area contributed by atoms with E-state index in [0.717, 1.165) is 36.1 Å². The van der Waals surface area contributed by atoms with Gasteiger partial charge in [-0.25, -0.2) is 0 Å². The summed E-state index contributed by atoms with van der Waals surface area (Å²) in [6.45, 7) is 6.58. The summed E-state index contributed by atoms with van der Waals surface area (Å²) in [5.74, 6) is 7.35. The molecule has 0 aliphatic carbocycles. The van der Waals surface area contributed by atoms with Crippen molar-refractivity contribution < 1.29 is 4.74 Å². The van der Waals surface area contributed by atoms with Crippen LogP contribution in [0.25, 0.3) is 0 Å². The molecule has 118 valence electrons. The molecule has 0 heterocycles. The Hall–Kier alpha value is -1.73. The number of para-hydroxylation sites is 1. The maximum atomic E-state index is 5.84. The molecule has 2 rings (SSSR count). The summed E-state index contributed by atoms with van der Waals surface area (Å²) < 4.78 is 7.13. The van der Waals surface area contributed by atoms with E-state index in [9.17, 15) is 0 Å². The fourth-order valence-electron chi connectivity index (χ4n) is 2.17. The maximum Gasteiger partial charge on any atom is 0.134 e. The van der Waals surface area contributed by atoms with Gasteiger partial charge in [-0.3, -0.25) is 0 Å². The second-order valence-electron chi connectivity index (χ2n) is 5.19. The molecule has 0 aromatic heterocycles. The second-order valence-corrected chi connectivity index (χ2v) is 6.35. The van der Waals surface area contributed by atoms with Crippen LogP contribution < -0.4 is 4.74 Å². The van der Waals surface area contributed by atoms with Crippen molar-refractivity contribution in [1.29, 1.82) is 0 Å². The molecule has 1 nitrogen and oxygen atoms in total. The Morgan fingerprint density at radius 2 is 2.00 bits per heavy atom. The van der Waals surface area contributed by atoms with E-state index in [2.05, 4.69) is 66.1 Å². The van der Waals surface area contributed by atoms with Crippen molar-refractivity contribution in [1.82, 2.24) is 0 Å². The van der Waals surface area contributed by atoms with E-state index in [1.165, 1.54) is 9.13 Å². The van der Waals surface area contributed by atoms with Gasteiger partial charge in [-0.2, -0.15) is 0 Å². The molecule has 2 aromatic rings. The van der Waals surface area contributed by atoms with E-state index < -0.39 is 0 Å². The smallest absolute Gasteiger partial charge is 0.134 e. The van der Waals surface area contributed by atoms with Gasteiger partial charge in [0.25, 0.3) is 0 Å². The molecule has 0 aliphatic heterocycles. The second kappa shape index (κ2) is 9.42. The molecular weight excluding hydrogens is 395 g/mol. The highest BCUT2D eigenvalue weighted by atomic mass is 127. The first-order chi connectivity index (χ1) is 11.2.